The smallest absolute Gasteiger partial charge is 0.362 e. The Balaban J connectivity index is 2.66. The van der Waals surface area contributed by atoms with Gasteiger partial charge in [0.2, 0.25) is 11.1 Å². The number of aromatic nitrogens is 2. The first kappa shape index (κ1) is 15.7. The first-order valence-corrected chi connectivity index (χ1v) is 7.31. The van der Waals surface area contributed by atoms with E-state index < -0.39 is 11.4 Å². The molecule has 0 saturated heterocycles. The second kappa shape index (κ2) is 6.41. The predicted octanol–water partition coefficient (Wildman–Crippen LogP) is 3.00. The minimum atomic E-state index is -0.753. The maximum absolute atomic E-state index is 12.1. The third kappa shape index (κ3) is 3.16. The fraction of sp³-hybridized carbons (Fsp3) is 0.214. The second-order valence-corrected chi connectivity index (χ2v) is 5.48. The van der Waals surface area contributed by atoms with Crippen LogP contribution in [-0.2, 0) is 11.2 Å². The van der Waals surface area contributed by atoms with Crippen molar-refractivity contribution in [2.75, 3.05) is 7.11 Å². The van der Waals surface area contributed by atoms with E-state index in [-0.39, 0.29) is 5.69 Å². The normalized spacial score (nSPS) is 10.5. The standard InChI is InChI=1S/C14H12BrClN2O3/c1-3-8-7-18(9-4-5-11(16)10(15)6-9)17-12(13(8)19)14(20)21-2/h4-7H,3H2,1-2H3. The van der Waals surface area contributed by atoms with Gasteiger partial charge < -0.3 is 4.74 Å². The van der Waals surface area contributed by atoms with Crippen molar-refractivity contribution in [2.45, 2.75) is 13.3 Å². The molecular formula is C14H12BrClN2O3. The number of carbonyl (C=O) groups is 1. The van der Waals surface area contributed by atoms with E-state index in [2.05, 4.69) is 25.8 Å². The van der Waals surface area contributed by atoms with Gasteiger partial charge in [0.15, 0.2) is 0 Å². The number of nitrogens with zero attached hydrogens (tertiary/aromatic N) is 2. The van der Waals surface area contributed by atoms with Crippen LogP contribution < -0.4 is 5.43 Å². The van der Waals surface area contributed by atoms with Crippen molar-refractivity contribution < 1.29 is 9.53 Å². The van der Waals surface area contributed by atoms with Gasteiger partial charge in [-0.25, -0.2) is 9.48 Å². The van der Waals surface area contributed by atoms with Gasteiger partial charge in [0.05, 0.1) is 17.8 Å². The van der Waals surface area contributed by atoms with E-state index in [0.29, 0.717) is 27.2 Å². The molecular weight excluding hydrogens is 360 g/mol. The van der Waals surface area contributed by atoms with Crippen LogP contribution in [0.2, 0.25) is 5.02 Å². The molecule has 0 amide bonds. The summed E-state index contributed by atoms with van der Waals surface area (Å²) in [6.45, 7) is 1.83. The van der Waals surface area contributed by atoms with Gasteiger partial charge >= 0.3 is 5.97 Å². The fourth-order valence-corrected chi connectivity index (χ4v) is 2.27. The summed E-state index contributed by atoms with van der Waals surface area (Å²) >= 11 is 9.28. The molecule has 110 valence electrons. The Morgan fingerprint density at radius 2 is 2.19 bits per heavy atom. The maximum Gasteiger partial charge on any atom is 0.362 e. The Kier molecular flexibility index (Phi) is 4.80. The summed E-state index contributed by atoms with van der Waals surface area (Å²) in [4.78, 5) is 23.8. The summed E-state index contributed by atoms with van der Waals surface area (Å²) in [5.74, 6) is -0.753. The SMILES string of the molecule is CCc1cn(-c2ccc(Cl)c(Br)c2)nc(C(=O)OC)c1=O. The Morgan fingerprint density at radius 1 is 1.48 bits per heavy atom. The molecule has 0 bridgehead atoms. The third-order valence-electron chi connectivity index (χ3n) is 2.92. The topological polar surface area (TPSA) is 61.2 Å². The minimum Gasteiger partial charge on any atom is -0.464 e. The van der Waals surface area contributed by atoms with E-state index in [9.17, 15) is 9.59 Å². The number of ether oxygens (including phenoxy) is 1. The number of aryl methyl sites for hydroxylation is 1. The van der Waals surface area contributed by atoms with Gasteiger partial charge in [-0.3, -0.25) is 4.79 Å². The van der Waals surface area contributed by atoms with Crippen LogP contribution in [0.1, 0.15) is 23.0 Å². The number of hydrogen-bond acceptors (Lipinski definition) is 4. The zero-order valence-electron chi connectivity index (χ0n) is 11.4. The Bertz CT molecular complexity index is 758. The summed E-state index contributed by atoms with van der Waals surface area (Å²) in [6, 6.07) is 5.19. The number of halogens is 2. The molecule has 5 nitrogen and oxygen atoms in total. The van der Waals surface area contributed by atoms with Crippen molar-refractivity contribution in [3.8, 4) is 5.69 Å². The summed E-state index contributed by atoms with van der Waals surface area (Å²) in [5, 5.41) is 4.62. The second-order valence-electron chi connectivity index (χ2n) is 4.22. The third-order valence-corrected chi connectivity index (χ3v) is 4.13. The minimum absolute atomic E-state index is 0.233. The van der Waals surface area contributed by atoms with Crippen LogP contribution in [0.4, 0.5) is 0 Å². The van der Waals surface area contributed by atoms with E-state index >= 15 is 0 Å². The largest absolute Gasteiger partial charge is 0.464 e. The van der Waals surface area contributed by atoms with Crippen LogP contribution in [0.3, 0.4) is 0 Å². The lowest BCUT2D eigenvalue weighted by atomic mass is 10.2. The van der Waals surface area contributed by atoms with Crippen LogP contribution in [0.5, 0.6) is 0 Å². The molecule has 0 spiro atoms. The average molecular weight is 372 g/mol. The van der Waals surface area contributed by atoms with Crippen molar-refractivity contribution in [1.82, 2.24) is 9.78 Å². The molecule has 0 unspecified atom stereocenters. The monoisotopic (exact) mass is 370 g/mol. The van der Waals surface area contributed by atoms with E-state index in [1.54, 1.807) is 24.4 Å². The maximum atomic E-state index is 12.1. The van der Waals surface area contributed by atoms with Crippen molar-refractivity contribution in [3.63, 3.8) is 0 Å². The highest BCUT2D eigenvalue weighted by Gasteiger charge is 2.17. The fourth-order valence-electron chi connectivity index (χ4n) is 1.78. The van der Waals surface area contributed by atoms with Crippen molar-refractivity contribution in [1.29, 1.82) is 0 Å². The van der Waals surface area contributed by atoms with E-state index in [4.69, 9.17) is 11.6 Å². The molecule has 1 aromatic heterocycles. The molecule has 2 aromatic rings. The van der Waals surface area contributed by atoms with Gasteiger partial charge in [-0.2, -0.15) is 5.10 Å². The Labute approximate surface area is 134 Å². The summed E-state index contributed by atoms with van der Waals surface area (Å²) in [7, 11) is 1.21. The number of methoxy groups -OCH3 is 1. The van der Waals surface area contributed by atoms with Crippen LogP contribution in [0.25, 0.3) is 5.69 Å². The number of rotatable bonds is 3. The van der Waals surface area contributed by atoms with Gasteiger partial charge in [-0.15, -0.1) is 0 Å². The molecule has 21 heavy (non-hydrogen) atoms. The number of hydrogen-bond donors (Lipinski definition) is 0. The van der Waals surface area contributed by atoms with Gasteiger partial charge in [-0.1, -0.05) is 18.5 Å². The highest BCUT2D eigenvalue weighted by molar-refractivity contribution is 9.10. The van der Waals surface area contributed by atoms with Crippen molar-refractivity contribution >= 4 is 33.5 Å². The van der Waals surface area contributed by atoms with Crippen LogP contribution in [0, 0.1) is 0 Å². The van der Waals surface area contributed by atoms with Gasteiger partial charge in [0.25, 0.3) is 0 Å². The first-order valence-electron chi connectivity index (χ1n) is 6.14. The number of esters is 1. The zero-order chi connectivity index (χ0) is 15.6. The average Bonchev–Trinajstić information content (AvgIpc) is 2.49. The quantitative estimate of drug-likeness (QED) is 0.778. The van der Waals surface area contributed by atoms with Crippen molar-refractivity contribution in [3.05, 3.63) is 55.4 Å². The van der Waals surface area contributed by atoms with Crippen LogP contribution >= 0.6 is 27.5 Å². The van der Waals surface area contributed by atoms with Crippen molar-refractivity contribution in [2.24, 2.45) is 0 Å². The molecule has 0 aliphatic carbocycles. The van der Waals surface area contributed by atoms with Gasteiger partial charge in [0, 0.05) is 16.2 Å². The molecule has 0 fully saturated rings. The molecule has 0 atom stereocenters. The predicted molar refractivity (Wildman–Crippen MR) is 83.3 cm³/mol. The molecule has 0 N–H and O–H groups in total. The van der Waals surface area contributed by atoms with E-state index in [1.165, 1.54) is 11.8 Å². The highest BCUT2D eigenvalue weighted by atomic mass is 79.9. The van der Waals surface area contributed by atoms with Gasteiger partial charge in [0.1, 0.15) is 0 Å². The molecule has 0 saturated carbocycles. The van der Waals surface area contributed by atoms with E-state index in [1.807, 2.05) is 6.92 Å². The van der Waals surface area contributed by atoms with Gasteiger partial charge in [-0.05, 0) is 40.5 Å². The Morgan fingerprint density at radius 3 is 2.76 bits per heavy atom. The summed E-state index contributed by atoms with van der Waals surface area (Å²) in [6.07, 6.45) is 2.09. The molecule has 1 aromatic carbocycles. The molecule has 7 heteroatoms. The summed E-state index contributed by atoms with van der Waals surface area (Å²) in [5.41, 5.74) is 0.513. The lowest BCUT2D eigenvalue weighted by Gasteiger charge is -2.10. The van der Waals surface area contributed by atoms with E-state index in [0.717, 1.165) is 0 Å². The Hall–Kier alpha value is -1.66. The lowest BCUT2D eigenvalue weighted by molar-refractivity contribution is 0.0590. The van der Waals surface area contributed by atoms with Crippen LogP contribution in [0.15, 0.2) is 33.7 Å². The lowest BCUT2D eigenvalue weighted by Crippen LogP contribution is -2.25. The summed E-state index contributed by atoms with van der Waals surface area (Å²) < 4.78 is 6.77. The molecule has 0 aliphatic heterocycles. The zero-order valence-corrected chi connectivity index (χ0v) is 13.7. The number of carbonyl (C=O) groups excluding carboxylic acids is 1. The molecule has 0 aliphatic rings. The highest BCUT2D eigenvalue weighted by Crippen LogP contribution is 2.24. The molecule has 2 rings (SSSR count). The first-order chi connectivity index (χ1) is 9.97. The number of benzene rings is 1. The molecule has 0 radical (unpaired) electrons. The molecule has 1 heterocycles. The van der Waals surface area contributed by atoms with Crippen LogP contribution in [-0.4, -0.2) is 22.9 Å².